The molecule has 0 aromatic rings. The second-order valence-corrected chi connectivity index (χ2v) is 6.80. The van der Waals surface area contributed by atoms with Crippen molar-refractivity contribution in [3.63, 3.8) is 0 Å². The zero-order valence-corrected chi connectivity index (χ0v) is 16.5. The van der Waals surface area contributed by atoms with Crippen LogP contribution in [0.3, 0.4) is 0 Å². The van der Waals surface area contributed by atoms with Crippen molar-refractivity contribution in [3.05, 3.63) is 0 Å². The molecule has 6 nitrogen and oxygen atoms in total. The van der Waals surface area contributed by atoms with E-state index in [9.17, 15) is 9.59 Å². The van der Waals surface area contributed by atoms with E-state index in [1.165, 1.54) is 57.8 Å². The van der Waals surface area contributed by atoms with Crippen molar-refractivity contribution in [2.24, 2.45) is 0 Å². The summed E-state index contributed by atoms with van der Waals surface area (Å²) in [5.41, 5.74) is 0. The van der Waals surface area contributed by atoms with Crippen molar-refractivity contribution in [2.75, 3.05) is 0 Å². The van der Waals surface area contributed by atoms with Crippen LogP contribution in [-0.2, 0) is 9.59 Å². The van der Waals surface area contributed by atoms with E-state index in [4.69, 9.17) is 20.4 Å². The lowest BCUT2D eigenvalue weighted by Gasteiger charge is -2.03. The van der Waals surface area contributed by atoms with Gasteiger partial charge in [-0.3, -0.25) is 9.59 Å². The van der Waals surface area contributed by atoms with Gasteiger partial charge in [0.2, 0.25) is 0 Å². The molecule has 0 spiro atoms. The standard InChI is InChI=1S/C14H30O2.C6H10O4/c1-2-3-4-5-6-7-8-9-10-11-12-13-14(15)16;7-5(8)3-1-2-4-6(9)10/h14-16H,2-13H2,1H3;1-4H2,(H,7,8)(H,9,10). The third-order valence-corrected chi connectivity index (χ3v) is 4.10. The second kappa shape index (κ2) is 21.9. The lowest BCUT2D eigenvalue weighted by Crippen LogP contribution is -2.02. The smallest absolute Gasteiger partial charge is 0.303 e. The van der Waals surface area contributed by atoms with E-state index < -0.39 is 18.2 Å². The average molecular weight is 377 g/mol. The Hall–Kier alpha value is -1.14. The molecular weight excluding hydrogens is 336 g/mol. The zero-order chi connectivity index (χ0) is 20.0. The molecular formula is C20H40O6. The van der Waals surface area contributed by atoms with Crippen LogP contribution < -0.4 is 0 Å². The van der Waals surface area contributed by atoms with Crippen molar-refractivity contribution >= 4 is 11.9 Å². The van der Waals surface area contributed by atoms with Gasteiger partial charge >= 0.3 is 11.9 Å². The minimum atomic E-state index is -1.10. The van der Waals surface area contributed by atoms with Crippen LogP contribution >= 0.6 is 0 Å². The Kier molecular flexibility index (Phi) is 22.8. The monoisotopic (exact) mass is 376 g/mol. The van der Waals surface area contributed by atoms with Gasteiger partial charge in [0.05, 0.1) is 0 Å². The minimum Gasteiger partial charge on any atom is -0.481 e. The largest absolute Gasteiger partial charge is 0.481 e. The highest BCUT2D eigenvalue weighted by Crippen LogP contribution is 2.12. The number of aliphatic carboxylic acids is 2. The first-order valence-corrected chi connectivity index (χ1v) is 10.2. The lowest BCUT2D eigenvalue weighted by molar-refractivity contribution is -0.139. The van der Waals surface area contributed by atoms with Gasteiger partial charge in [0, 0.05) is 12.8 Å². The third-order valence-electron chi connectivity index (χ3n) is 4.10. The van der Waals surface area contributed by atoms with Crippen molar-refractivity contribution in [1.29, 1.82) is 0 Å². The lowest BCUT2D eigenvalue weighted by atomic mass is 10.1. The molecule has 26 heavy (non-hydrogen) atoms. The van der Waals surface area contributed by atoms with Crippen LogP contribution in [0.4, 0.5) is 0 Å². The van der Waals surface area contributed by atoms with Crippen molar-refractivity contribution < 1.29 is 30.0 Å². The van der Waals surface area contributed by atoms with Crippen molar-refractivity contribution in [1.82, 2.24) is 0 Å². The summed E-state index contributed by atoms with van der Waals surface area (Å²) in [6, 6.07) is 0. The van der Waals surface area contributed by atoms with Crippen LogP contribution in [0.5, 0.6) is 0 Å². The molecule has 6 heteroatoms. The predicted octanol–water partition coefficient (Wildman–Crippen LogP) is 4.71. The number of rotatable bonds is 17. The number of hydrogen-bond donors (Lipinski definition) is 4. The van der Waals surface area contributed by atoms with Gasteiger partial charge in [0.15, 0.2) is 6.29 Å². The quantitative estimate of drug-likeness (QED) is 0.216. The molecule has 0 amide bonds. The number of hydrogen-bond acceptors (Lipinski definition) is 4. The van der Waals surface area contributed by atoms with Crippen LogP contribution in [0, 0.1) is 0 Å². The number of carboxylic acid groups (broad SMARTS) is 2. The molecule has 0 bridgehead atoms. The van der Waals surface area contributed by atoms with E-state index in [-0.39, 0.29) is 12.8 Å². The average Bonchev–Trinajstić information content (AvgIpc) is 2.56. The summed E-state index contributed by atoms with van der Waals surface area (Å²) >= 11 is 0. The highest BCUT2D eigenvalue weighted by Gasteiger charge is 1.99. The molecule has 0 radical (unpaired) electrons. The highest BCUT2D eigenvalue weighted by molar-refractivity contribution is 5.67. The fraction of sp³-hybridized carbons (Fsp3) is 0.900. The summed E-state index contributed by atoms with van der Waals surface area (Å²) in [6.45, 7) is 2.25. The van der Waals surface area contributed by atoms with E-state index in [0.717, 1.165) is 12.8 Å². The summed E-state index contributed by atoms with van der Waals surface area (Å²) in [5, 5.41) is 33.6. The molecule has 0 saturated carbocycles. The number of aliphatic hydroxyl groups excluding tert-OH is 1. The Morgan fingerprint density at radius 2 is 0.962 bits per heavy atom. The predicted molar refractivity (Wildman–Crippen MR) is 103 cm³/mol. The Morgan fingerprint density at radius 3 is 1.27 bits per heavy atom. The molecule has 156 valence electrons. The van der Waals surface area contributed by atoms with E-state index >= 15 is 0 Å². The molecule has 0 atom stereocenters. The molecule has 0 aliphatic heterocycles. The van der Waals surface area contributed by atoms with Gasteiger partial charge in [-0.15, -0.1) is 0 Å². The summed E-state index contributed by atoms with van der Waals surface area (Å²) in [6.07, 6.45) is 14.8. The molecule has 0 aromatic heterocycles. The SMILES string of the molecule is CCCCCCCCCCCCCC(O)O.O=C(O)CCCCC(=O)O. The van der Waals surface area contributed by atoms with E-state index in [1.54, 1.807) is 0 Å². The number of aliphatic hydroxyl groups is 2. The molecule has 0 fully saturated rings. The molecule has 0 saturated heterocycles. The van der Waals surface area contributed by atoms with Gasteiger partial charge in [-0.25, -0.2) is 0 Å². The second-order valence-electron chi connectivity index (χ2n) is 6.80. The molecule has 0 aliphatic carbocycles. The first-order chi connectivity index (χ1) is 12.4. The summed E-state index contributed by atoms with van der Waals surface area (Å²) in [5.74, 6) is -1.74. The van der Waals surface area contributed by atoms with Gasteiger partial charge < -0.3 is 20.4 Å². The van der Waals surface area contributed by atoms with Gasteiger partial charge in [-0.2, -0.15) is 0 Å². The zero-order valence-electron chi connectivity index (χ0n) is 16.5. The van der Waals surface area contributed by atoms with E-state index in [2.05, 4.69) is 6.92 Å². The van der Waals surface area contributed by atoms with Crippen LogP contribution in [0.1, 0.15) is 110 Å². The number of carboxylic acids is 2. The molecule has 0 heterocycles. The minimum absolute atomic E-state index is 0.0628. The van der Waals surface area contributed by atoms with Crippen molar-refractivity contribution in [2.45, 2.75) is 116 Å². The third kappa shape index (κ3) is 30.7. The molecule has 4 N–H and O–H groups in total. The van der Waals surface area contributed by atoms with Gasteiger partial charge in [-0.1, -0.05) is 71.1 Å². The maximum Gasteiger partial charge on any atom is 0.303 e. The number of carbonyl (C=O) groups is 2. The van der Waals surface area contributed by atoms with E-state index in [1.807, 2.05) is 0 Å². The van der Waals surface area contributed by atoms with Crippen LogP contribution in [0.2, 0.25) is 0 Å². The van der Waals surface area contributed by atoms with E-state index in [0.29, 0.717) is 19.3 Å². The molecule has 0 rings (SSSR count). The Balaban J connectivity index is 0. The Labute approximate surface area is 158 Å². The topological polar surface area (TPSA) is 115 Å². The fourth-order valence-electron chi connectivity index (χ4n) is 2.54. The maximum absolute atomic E-state index is 9.90. The van der Waals surface area contributed by atoms with Crippen molar-refractivity contribution in [3.8, 4) is 0 Å². The Morgan fingerprint density at radius 1 is 0.615 bits per heavy atom. The normalized spacial score (nSPS) is 10.5. The summed E-state index contributed by atoms with van der Waals surface area (Å²) in [4.78, 5) is 19.8. The van der Waals surface area contributed by atoms with Gasteiger partial charge in [-0.05, 0) is 25.7 Å². The molecule has 0 aliphatic rings. The molecule has 0 unspecified atom stereocenters. The highest BCUT2D eigenvalue weighted by atomic mass is 16.5. The van der Waals surface area contributed by atoms with Crippen LogP contribution in [0.25, 0.3) is 0 Å². The summed E-state index contributed by atoms with van der Waals surface area (Å²) in [7, 11) is 0. The summed E-state index contributed by atoms with van der Waals surface area (Å²) < 4.78 is 0. The maximum atomic E-state index is 9.90. The van der Waals surface area contributed by atoms with Gasteiger partial charge in [0.25, 0.3) is 0 Å². The Bertz CT molecular complexity index is 301. The fourth-order valence-corrected chi connectivity index (χ4v) is 2.54. The first-order valence-electron chi connectivity index (χ1n) is 10.2. The first kappa shape index (κ1) is 27.1. The van der Waals surface area contributed by atoms with Gasteiger partial charge in [0.1, 0.15) is 0 Å². The number of unbranched alkanes of at least 4 members (excludes halogenated alkanes) is 11. The van der Waals surface area contributed by atoms with Crippen LogP contribution in [-0.4, -0.2) is 38.7 Å². The van der Waals surface area contributed by atoms with Crippen LogP contribution in [0.15, 0.2) is 0 Å². The molecule has 0 aromatic carbocycles.